The van der Waals surface area contributed by atoms with Gasteiger partial charge < -0.3 is 10.5 Å². The van der Waals surface area contributed by atoms with E-state index in [9.17, 15) is 4.39 Å². The fraction of sp³-hybridized carbons (Fsp3) is 0.250. The van der Waals surface area contributed by atoms with Crippen molar-refractivity contribution in [3.63, 3.8) is 0 Å². The van der Waals surface area contributed by atoms with Gasteiger partial charge in [-0.1, -0.05) is 24.3 Å². The fourth-order valence-corrected chi connectivity index (χ4v) is 1.93. The summed E-state index contributed by atoms with van der Waals surface area (Å²) in [6.45, 7) is 4.25. The van der Waals surface area contributed by atoms with E-state index >= 15 is 0 Å². The highest BCUT2D eigenvalue weighted by molar-refractivity contribution is 5.39. The molecule has 2 rings (SSSR count). The van der Waals surface area contributed by atoms with Gasteiger partial charge in [-0.3, -0.25) is 0 Å². The van der Waals surface area contributed by atoms with Crippen LogP contribution in [0.25, 0.3) is 0 Å². The van der Waals surface area contributed by atoms with E-state index in [4.69, 9.17) is 10.5 Å². The summed E-state index contributed by atoms with van der Waals surface area (Å²) in [4.78, 5) is 0. The van der Waals surface area contributed by atoms with Gasteiger partial charge in [-0.05, 0) is 43.2 Å². The van der Waals surface area contributed by atoms with Crippen LogP contribution in [0.1, 0.15) is 29.7 Å². The summed E-state index contributed by atoms with van der Waals surface area (Å²) in [5.74, 6) is 0.511. The highest BCUT2D eigenvalue weighted by atomic mass is 19.1. The molecule has 0 aliphatic carbocycles. The Hall–Kier alpha value is -1.87. The molecule has 2 aromatic rings. The Balaban J connectivity index is 2.17. The Morgan fingerprint density at radius 2 is 2.00 bits per heavy atom. The predicted octanol–water partition coefficient (Wildman–Crippen LogP) is 3.73. The van der Waals surface area contributed by atoms with Crippen LogP contribution < -0.4 is 10.5 Å². The second-order valence-corrected chi connectivity index (χ2v) is 4.75. The molecule has 0 aromatic heterocycles. The molecule has 0 saturated carbocycles. The number of benzene rings is 2. The van der Waals surface area contributed by atoms with Crippen molar-refractivity contribution in [1.29, 1.82) is 0 Å². The smallest absolute Gasteiger partial charge is 0.124 e. The van der Waals surface area contributed by atoms with E-state index in [1.54, 1.807) is 6.07 Å². The zero-order valence-electron chi connectivity index (χ0n) is 11.2. The van der Waals surface area contributed by atoms with Crippen LogP contribution >= 0.6 is 0 Å². The molecule has 2 aromatic carbocycles. The molecule has 1 atom stereocenters. The van der Waals surface area contributed by atoms with Gasteiger partial charge in [0.2, 0.25) is 0 Å². The summed E-state index contributed by atoms with van der Waals surface area (Å²) in [5, 5.41) is 0. The van der Waals surface area contributed by atoms with Crippen LogP contribution in [-0.2, 0) is 6.61 Å². The van der Waals surface area contributed by atoms with Crippen molar-refractivity contribution in [2.24, 2.45) is 5.73 Å². The van der Waals surface area contributed by atoms with Crippen LogP contribution in [-0.4, -0.2) is 0 Å². The minimum Gasteiger partial charge on any atom is -0.489 e. The average molecular weight is 259 g/mol. The molecule has 0 saturated heterocycles. The van der Waals surface area contributed by atoms with Crippen LogP contribution in [0, 0.1) is 12.7 Å². The predicted molar refractivity (Wildman–Crippen MR) is 74.5 cm³/mol. The Bertz CT molecular complexity index is 566. The summed E-state index contributed by atoms with van der Waals surface area (Å²) in [7, 11) is 0. The first-order valence-corrected chi connectivity index (χ1v) is 6.29. The molecule has 0 bridgehead atoms. The molecule has 0 radical (unpaired) electrons. The molecule has 0 heterocycles. The maximum Gasteiger partial charge on any atom is 0.124 e. The number of halogens is 1. The molecule has 0 aliphatic heterocycles. The van der Waals surface area contributed by atoms with Gasteiger partial charge in [-0.2, -0.15) is 0 Å². The van der Waals surface area contributed by atoms with E-state index in [2.05, 4.69) is 0 Å². The molecule has 100 valence electrons. The third-order valence-electron chi connectivity index (χ3n) is 2.94. The highest BCUT2D eigenvalue weighted by Gasteiger charge is 2.08. The summed E-state index contributed by atoms with van der Waals surface area (Å²) in [6, 6.07) is 12.3. The molecular formula is C16H18FNO. The molecule has 19 heavy (non-hydrogen) atoms. The van der Waals surface area contributed by atoms with Crippen LogP contribution in [0.2, 0.25) is 0 Å². The Kier molecular flexibility index (Phi) is 4.17. The first-order valence-electron chi connectivity index (χ1n) is 6.29. The average Bonchev–Trinajstić information content (AvgIpc) is 2.36. The van der Waals surface area contributed by atoms with Crippen LogP contribution in [0.4, 0.5) is 4.39 Å². The zero-order chi connectivity index (χ0) is 13.8. The lowest BCUT2D eigenvalue weighted by Crippen LogP contribution is -2.08. The summed E-state index contributed by atoms with van der Waals surface area (Å²) in [6.07, 6.45) is 0. The maximum atomic E-state index is 13.1. The fourth-order valence-electron chi connectivity index (χ4n) is 1.93. The van der Waals surface area contributed by atoms with Crippen molar-refractivity contribution in [3.05, 3.63) is 65.0 Å². The lowest BCUT2D eigenvalue weighted by molar-refractivity contribution is 0.300. The lowest BCUT2D eigenvalue weighted by Gasteiger charge is -2.15. The monoisotopic (exact) mass is 259 g/mol. The molecule has 0 spiro atoms. The number of rotatable bonds is 4. The first-order chi connectivity index (χ1) is 9.06. The SMILES string of the molecule is Cc1ccc([C@H](C)N)c(OCc2cccc(F)c2)c1. The van der Waals surface area contributed by atoms with Gasteiger partial charge in [-0.15, -0.1) is 0 Å². The van der Waals surface area contributed by atoms with E-state index in [1.807, 2.05) is 38.1 Å². The maximum absolute atomic E-state index is 13.1. The third kappa shape index (κ3) is 3.55. The second-order valence-electron chi connectivity index (χ2n) is 4.75. The highest BCUT2D eigenvalue weighted by Crippen LogP contribution is 2.26. The molecule has 3 heteroatoms. The molecular weight excluding hydrogens is 241 g/mol. The first kappa shape index (κ1) is 13.6. The normalized spacial score (nSPS) is 12.2. The Labute approximate surface area is 113 Å². The minimum absolute atomic E-state index is 0.0943. The van der Waals surface area contributed by atoms with Crippen LogP contribution in [0.3, 0.4) is 0 Å². The number of aryl methyl sites for hydroxylation is 1. The van der Waals surface area contributed by atoms with Gasteiger partial charge in [0.15, 0.2) is 0 Å². The summed E-state index contributed by atoms with van der Waals surface area (Å²) < 4.78 is 18.9. The molecule has 0 unspecified atom stereocenters. The van der Waals surface area contributed by atoms with Crippen molar-refractivity contribution >= 4 is 0 Å². The molecule has 0 amide bonds. The van der Waals surface area contributed by atoms with Gasteiger partial charge in [0.25, 0.3) is 0 Å². The largest absolute Gasteiger partial charge is 0.489 e. The van der Waals surface area contributed by atoms with Crippen molar-refractivity contribution in [2.45, 2.75) is 26.5 Å². The quantitative estimate of drug-likeness (QED) is 0.908. The van der Waals surface area contributed by atoms with E-state index in [0.29, 0.717) is 6.61 Å². The van der Waals surface area contributed by atoms with Gasteiger partial charge in [0, 0.05) is 11.6 Å². The van der Waals surface area contributed by atoms with Crippen molar-refractivity contribution in [1.82, 2.24) is 0 Å². The van der Waals surface area contributed by atoms with E-state index in [0.717, 1.165) is 22.4 Å². The van der Waals surface area contributed by atoms with Gasteiger partial charge in [0.1, 0.15) is 18.2 Å². The Morgan fingerprint density at radius 3 is 2.68 bits per heavy atom. The van der Waals surface area contributed by atoms with E-state index in [-0.39, 0.29) is 11.9 Å². The van der Waals surface area contributed by atoms with Gasteiger partial charge >= 0.3 is 0 Å². The van der Waals surface area contributed by atoms with Gasteiger partial charge in [-0.25, -0.2) is 4.39 Å². The number of nitrogens with two attached hydrogens (primary N) is 1. The number of hydrogen-bond donors (Lipinski definition) is 1. The third-order valence-corrected chi connectivity index (χ3v) is 2.94. The summed E-state index contributed by atoms with van der Waals surface area (Å²) >= 11 is 0. The molecule has 0 fully saturated rings. The van der Waals surface area contributed by atoms with Crippen molar-refractivity contribution in [3.8, 4) is 5.75 Å². The number of hydrogen-bond acceptors (Lipinski definition) is 2. The molecule has 2 N–H and O–H groups in total. The van der Waals surface area contributed by atoms with Crippen LogP contribution in [0.15, 0.2) is 42.5 Å². The minimum atomic E-state index is -0.252. The van der Waals surface area contributed by atoms with Crippen molar-refractivity contribution < 1.29 is 9.13 Å². The topological polar surface area (TPSA) is 35.2 Å². The number of ether oxygens (including phenoxy) is 1. The standard InChI is InChI=1S/C16H18FNO/c1-11-6-7-15(12(2)18)16(8-11)19-10-13-4-3-5-14(17)9-13/h3-9,12H,10,18H2,1-2H3/t12-/m0/s1. The lowest BCUT2D eigenvalue weighted by atomic mass is 10.1. The Morgan fingerprint density at radius 1 is 1.21 bits per heavy atom. The molecule has 0 aliphatic rings. The van der Waals surface area contributed by atoms with Gasteiger partial charge in [0.05, 0.1) is 0 Å². The van der Waals surface area contributed by atoms with E-state index in [1.165, 1.54) is 12.1 Å². The summed E-state index contributed by atoms with van der Waals surface area (Å²) in [5.41, 5.74) is 8.79. The van der Waals surface area contributed by atoms with Crippen LogP contribution in [0.5, 0.6) is 5.75 Å². The van der Waals surface area contributed by atoms with Crippen molar-refractivity contribution in [2.75, 3.05) is 0 Å². The molecule has 2 nitrogen and oxygen atoms in total. The second kappa shape index (κ2) is 5.85. The van der Waals surface area contributed by atoms with E-state index < -0.39 is 0 Å². The zero-order valence-corrected chi connectivity index (χ0v) is 11.2.